The molecule has 4 atom stereocenters. The van der Waals surface area contributed by atoms with Gasteiger partial charge in [-0.2, -0.15) is 5.26 Å². The number of nitriles is 1. The number of anilines is 1. The Labute approximate surface area is 159 Å². The largest absolute Gasteiger partial charge is 0.356 e. The molecule has 0 radical (unpaired) electrons. The monoisotopic (exact) mass is 366 g/mol. The van der Waals surface area contributed by atoms with Gasteiger partial charge in [-0.15, -0.1) is 0 Å². The number of rotatable bonds is 3. The van der Waals surface area contributed by atoms with Crippen molar-refractivity contribution >= 4 is 22.8 Å². The molecule has 2 fully saturated rings. The quantitative estimate of drug-likeness (QED) is 0.902. The molecule has 2 aromatic rings. The van der Waals surface area contributed by atoms with E-state index in [0.29, 0.717) is 6.04 Å². The molecule has 1 saturated heterocycles. The van der Waals surface area contributed by atoms with Crippen LogP contribution in [0.5, 0.6) is 0 Å². The van der Waals surface area contributed by atoms with Gasteiger partial charge in [-0.05, 0) is 36.7 Å². The lowest BCUT2D eigenvalue weighted by atomic mass is 9.71. The first-order chi connectivity index (χ1) is 12.8. The fraction of sp³-hybridized carbons (Fsp3) is 0.600. The van der Waals surface area contributed by atoms with E-state index in [1.165, 1.54) is 0 Å². The molecule has 1 saturated carbocycles. The van der Waals surface area contributed by atoms with Crippen molar-refractivity contribution in [1.29, 1.82) is 5.26 Å². The second-order valence-corrected chi connectivity index (χ2v) is 8.78. The Kier molecular flexibility index (Phi) is 3.91. The van der Waals surface area contributed by atoms with Gasteiger partial charge in [-0.25, -0.2) is 9.97 Å². The highest BCUT2D eigenvalue weighted by Crippen LogP contribution is 2.58. The topological polar surface area (TPSA) is 88.9 Å². The van der Waals surface area contributed by atoms with Crippen molar-refractivity contribution in [1.82, 2.24) is 19.9 Å². The number of hydrogen-bond donors (Lipinski definition) is 1. The first-order valence-corrected chi connectivity index (χ1v) is 9.47. The summed E-state index contributed by atoms with van der Waals surface area (Å²) in [6.07, 6.45) is 5.50. The van der Waals surface area contributed by atoms with Crippen molar-refractivity contribution in [2.75, 3.05) is 25.0 Å². The van der Waals surface area contributed by atoms with Gasteiger partial charge in [-0.1, -0.05) is 13.8 Å². The van der Waals surface area contributed by atoms with Gasteiger partial charge < -0.3 is 14.8 Å². The van der Waals surface area contributed by atoms with Gasteiger partial charge in [0.25, 0.3) is 0 Å². The Bertz CT molecular complexity index is 912. The fourth-order valence-electron chi connectivity index (χ4n) is 5.09. The van der Waals surface area contributed by atoms with E-state index in [-0.39, 0.29) is 16.7 Å². The number of nitrogens with one attached hydrogen (secondary N) is 1. The zero-order valence-corrected chi connectivity index (χ0v) is 16.4. The van der Waals surface area contributed by atoms with Crippen LogP contribution in [0.15, 0.2) is 18.6 Å². The van der Waals surface area contributed by atoms with Gasteiger partial charge in [0.1, 0.15) is 23.7 Å². The van der Waals surface area contributed by atoms with Crippen LogP contribution in [0.25, 0.3) is 11.0 Å². The number of nitrogens with zero attached hydrogens (tertiary/aromatic N) is 5. The molecule has 4 rings (SSSR count). The number of amides is 1. The van der Waals surface area contributed by atoms with Gasteiger partial charge in [0, 0.05) is 32.4 Å². The smallest absolute Gasteiger partial charge is 0.239 e. The van der Waals surface area contributed by atoms with Gasteiger partial charge >= 0.3 is 0 Å². The summed E-state index contributed by atoms with van der Waals surface area (Å²) in [7, 11) is 2.11. The minimum Gasteiger partial charge on any atom is -0.356 e. The van der Waals surface area contributed by atoms with E-state index >= 15 is 0 Å². The lowest BCUT2D eigenvalue weighted by Gasteiger charge is -2.31. The van der Waals surface area contributed by atoms with Gasteiger partial charge in [0.2, 0.25) is 5.91 Å². The van der Waals surface area contributed by atoms with E-state index in [2.05, 4.69) is 46.8 Å². The molecule has 7 nitrogen and oxygen atoms in total. The Balaban J connectivity index is 1.56. The Morgan fingerprint density at radius 2 is 2.04 bits per heavy atom. The predicted molar refractivity (Wildman–Crippen MR) is 103 cm³/mol. The van der Waals surface area contributed by atoms with E-state index in [4.69, 9.17) is 5.26 Å². The third-order valence-electron chi connectivity index (χ3n) is 7.00. The van der Waals surface area contributed by atoms with E-state index in [9.17, 15) is 4.79 Å². The summed E-state index contributed by atoms with van der Waals surface area (Å²) in [6.45, 7) is 7.72. The number of carbonyl (C=O) groups is 1. The van der Waals surface area contributed by atoms with Gasteiger partial charge in [-0.3, -0.25) is 4.79 Å². The molecule has 0 spiro atoms. The summed E-state index contributed by atoms with van der Waals surface area (Å²) >= 11 is 0. The zero-order valence-electron chi connectivity index (χ0n) is 16.4. The van der Waals surface area contributed by atoms with Crippen molar-refractivity contribution in [3.8, 4) is 6.07 Å². The average molecular weight is 366 g/mol. The van der Waals surface area contributed by atoms with Crippen LogP contribution in [0, 0.1) is 28.1 Å². The number of hydrogen-bond acceptors (Lipinski definition) is 5. The predicted octanol–water partition coefficient (Wildman–Crippen LogP) is 2.57. The summed E-state index contributed by atoms with van der Waals surface area (Å²) in [6, 6.07) is 4.46. The highest BCUT2D eigenvalue weighted by Gasteiger charge is 2.59. The molecule has 0 bridgehead atoms. The number of carbonyl (C=O) groups excluding carboxylic acids is 1. The molecule has 1 aliphatic carbocycles. The Morgan fingerprint density at radius 1 is 1.37 bits per heavy atom. The molecule has 2 unspecified atom stereocenters. The zero-order chi connectivity index (χ0) is 19.4. The third-order valence-corrected chi connectivity index (χ3v) is 7.00. The van der Waals surface area contributed by atoms with Crippen molar-refractivity contribution < 1.29 is 4.79 Å². The van der Waals surface area contributed by atoms with Crippen LogP contribution in [0.3, 0.4) is 0 Å². The first kappa shape index (κ1) is 17.8. The highest BCUT2D eigenvalue weighted by molar-refractivity contribution is 5.87. The third kappa shape index (κ3) is 2.58. The maximum Gasteiger partial charge on any atom is 0.239 e. The standard InChI is InChI=1S/C20H26N6O/c1-13(9-21)18(27)26-10-19(2)7-14(8-20(19,3)11-26)25(4)17-15-5-6-22-16(15)23-12-24-17/h5-6,12-14H,7-8,10-11H2,1-4H3,(H,22,23,24)/t13?,14?,19-,20+. The molecule has 2 aliphatic rings. The number of aromatic amines is 1. The minimum atomic E-state index is -0.572. The number of fused-ring (bicyclic) bond motifs is 2. The van der Waals surface area contributed by atoms with Gasteiger partial charge in [0.15, 0.2) is 0 Å². The molecule has 1 amide bonds. The number of aromatic nitrogens is 3. The normalized spacial score (nSPS) is 30.9. The van der Waals surface area contributed by atoms with E-state index in [1.54, 1.807) is 13.3 Å². The Morgan fingerprint density at radius 3 is 2.67 bits per heavy atom. The molecule has 142 valence electrons. The fourth-order valence-corrected chi connectivity index (χ4v) is 5.09. The maximum atomic E-state index is 12.5. The van der Waals surface area contributed by atoms with Crippen molar-refractivity contribution in [2.45, 2.75) is 39.7 Å². The van der Waals surface area contributed by atoms with Crippen molar-refractivity contribution in [2.24, 2.45) is 16.7 Å². The van der Waals surface area contributed by atoms with E-state index in [0.717, 1.165) is 42.8 Å². The molecule has 3 heterocycles. The molecular weight excluding hydrogens is 340 g/mol. The number of H-pyrrole nitrogens is 1. The summed E-state index contributed by atoms with van der Waals surface area (Å²) in [4.78, 5) is 28.7. The first-order valence-electron chi connectivity index (χ1n) is 9.47. The van der Waals surface area contributed by atoms with E-state index < -0.39 is 5.92 Å². The molecule has 1 aliphatic heterocycles. The minimum absolute atomic E-state index is 0.0379. The van der Waals surface area contributed by atoms with Crippen LogP contribution >= 0.6 is 0 Å². The molecule has 1 N–H and O–H groups in total. The lowest BCUT2D eigenvalue weighted by Crippen LogP contribution is -2.38. The van der Waals surface area contributed by atoms with Crippen molar-refractivity contribution in [3.05, 3.63) is 18.6 Å². The highest BCUT2D eigenvalue weighted by atomic mass is 16.2. The summed E-state index contributed by atoms with van der Waals surface area (Å²) in [5, 5.41) is 10.1. The van der Waals surface area contributed by atoms with Crippen molar-refractivity contribution in [3.63, 3.8) is 0 Å². The number of likely N-dealkylation sites (tertiary alicyclic amines) is 1. The second kappa shape index (κ2) is 5.95. The molecule has 27 heavy (non-hydrogen) atoms. The Hall–Kier alpha value is -2.62. The summed E-state index contributed by atoms with van der Waals surface area (Å²) < 4.78 is 0. The van der Waals surface area contributed by atoms with Crippen LogP contribution in [-0.4, -0.2) is 51.9 Å². The van der Waals surface area contributed by atoms with Crippen LogP contribution in [0.1, 0.15) is 33.6 Å². The average Bonchev–Trinajstić information content (AvgIpc) is 3.28. The second-order valence-electron chi connectivity index (χ2n) is 8.78. The molecular formula is C20H26N6O. The van der Waals surface area contributed by atoms with E-state index in [1.807, 2.05) is 17.2 Å². The van der Waals surface area contributed by atoms with Crippen LogP contribution in [0.4, 0.5) is 5.82 Å². The molecule has 7 heteroatoms. The molecule has 2 aromatic heterocycles. The summed E-state index contributed by atoms with van der Waals surface area (Å²) in [5.41, 5.74) is 0.937. The summed E-state index contributed by atoms with van der Waals surface area (Å²) in [5.74, 6) is 0.339. The van der Waals surface area contributed by atoms with Crippen LogP contribution in [0.2, 0.25) is 0 Å². The lowest BCUT2D eigenvalue weighted by molar-refractivity contribution is -0.132. The van der Waals surface area contributed by atoms with Gasteiger partial charge in [0.05, 0.1) is 11.5 Å². The maximum absolute atomic E-state index is 12.5. The molecule has 0 aromatic carbocycles. The SMILES string of the molecule is CC(C#N)C(=O)N1C[C@]2(C)CC(N(C)c3ncnc4[nH]ccc34)C[C@]2(C)C1. The van der Waals surface area contributed by atoms with Crippen LogP contribution < -0.4 is 4.90 Å². The van der Waals surface area contributed by atoms with Crippen LogP contribution in [-0.2, 0) is 4.79 Å².